The molecule has 0 heterocycles. The van der Waals surface area contributed by atoms with Gasteiger partial charge in [-0.25, -0.2) is 0 Å². The molecule has 1 N–H and O–H groups in total. The fourth-order valence-electron chi connectivity index (χ4n) is 4.85. The van der Waals surface area contributed by atoms with Crippen LogP contribution >= 0.6 is 0 Å². The molecule has 1 unspecified atom stereocenters. The summed E-state index contributed by atoms with van der Waals surface area (Å²) < 4.78 is 74.8. The van der Waals surface area contributed by atoms with Crippen LogP contribution < -0.4 is 0 Å². The first-order chi connectivity index (χ1) is 22.0. The number of ether oxygens (including phenoxy) is 1. The van der Waals surface area contributed by atoms with E-state index >= 15 is 0 Å². The zero-order valence-corrected chi connectivity index (χ0v) is 24.6. The maximum atomic E-state index is 12.5. The van der Waals surface area contributed by atoms with Crippen molar-refractivity contribution in [2.45, 2.75) is 206 Å². The van der Waals surface area contributed by atoms with Crippen LogP contribution in [0, 0.1) is 0 Å². The summed E-state index contributed by atoms with van der Waals surface area (Å²) in [7, 11) is 0. The van der Waals surface area contributed by atoms with Crippen molar-refractivity contribution in [1.82, 2.24) is 0 Å². The second-order valence-electron chi connectivity index (χ2n) is 10.8. The third-order valence-corrected chi connectivity index (χ3v) is 7.18. The van der Waals surface area contributed by atoms with Gasteiger partial charge < -0.3 is 9.84 Å². The molecule has 0 saturated carbocycles. The van der Waals surface area contributed by atoms with Gasteiger partial charge in [0.25, 0.3) is 0 Å². The molecule has 0 aromatic rings. The maximum absolute atomic E-state index is 12.5. The van der Waals surface area contributed by atoms with Crippen molar-refractivity contribution in [3.8, 4) is 0 Å². The minimum absolute atomic E-state index is 0.0872. The Morgan fingerprint density at radius 1 is 0.632 bits per heavy atom. The van der Waals surface area contributed by atoms with Crippen molar-refractivity contribution in [1.29, 1.82) is 0 Å². The summed E-state index contributed by atoms with van der Waals surface area (Å²) in [6, 6.07) is 0. The highest BCUT2D eigenvalue weighted by Crippen LogP contribution is 2.18. The molecule has 38 heavy (non-hydrogen) atoms. The predicted molar refractivity (Wildman–Crippen MR) is 163 cm³/mol. The molecule has 0 bridgehead atoms. The topological polar surface area (TPSA) is 63.6 Å². The second kappa shape index (κ2) is 30.5. The lowest BCUT2D eigenvalue weighted by atomic mass is 10.0. The van der Waals surface area contributed by atoms with Gasteiger partial charge in [-0.2, -0.15) is 0 Å². The zero-order chi connectivity index (χ0) is 35.8. The number of rotatable bonds is 31. The molecule has 0 fully saturated rings. The molecule has 226 valence electrons. The first-order valence-corrected chi connectivity index (χ1v) is 15.9. The Bertz CT molecular complexity index is 820. The molecular formula is C34H66O4. The van der Waals surface area contributed by atoms with Crippen LogP contribution in [0.25, 0.3) is 0 Å². The summed E-state index contributed by atoms with van der Waals surface area (Å²) in [5.74, 6) is -1.03. The van der Waals surface area contributed by atoms with E-state index in [1.807, 2.05) is 0 Å². The van der Waals surface area contributed by atoms with Crippen LogP contribution in [0.1, 0.15) is 212 Å². The van der Waals surface area contributed by atoms with Gasteiger partial charge in [0.15, 0.2) is 0 Å². The van der Waals surface area contributed by atoms with E-state index in [0.29, 0.717) is 32.1 Å². The van der Waals surface area contributed by atoms with Crippen LogP contribution in [0.15, 0.2) is 0 Å². The minimum atomic E-state index is -3.30. The van der Waals surface area contributed by atoms with Gasteiger partial charge in [0.1, 0.15) is 6.10 Å². The fraction of sp³-hybridized carbons (Fsp3) is 0.941. The average Bonchev–Trinajstić information content (AvgIpc) is 2.97. The maximum Gasteiger partial charge on any atom is 0.306 e. The van der Waals surface area contributed by atoms with E-state index in [0.717, 1.165) is 64.2 Å². The highest BCUT2D eigenvalue weighted by Gasteiger charge is 2.15. The van der Waals surface area contributed by atoms with E-state index in [2.05, 4.69) is 6.92 Å². The Kier molecular flexibility index (Phi) is 19.0. The third-order valence-electron chi connectivity index (χ3n) is 7.18. The number of aliphatic carboxylic acids is 1. The van der Waals surface area contributed by atoms with Gasteiger partial charge in [-0.05, 0) is 32.1 Å². The van der Waals surface area contributed by atoms with Crippen molar-refractivity contribution in [3.05, 3.63) is 0 Å². The molecule has 0 aliphatic rings. The smallest absolute Gasteiger partial charge is 0.306 e. The average molecular weight is 548 g/mol. The summed E-state index contributed by atoms with van der Waals surface area (Å²) in [5, 5.41) is 8.99. The number of carbonyl (C=O) groups excluding carboxylic acids is 1. The summed E-state index contributed by atoms with van der Waals surface area (Å²) >= 11 is 0. The van der Waals surface area contributed by atoms with E-state index in [9.17, 15) is 9.59 Å². The lowest BCUT2D eigenvalue weighted by molar-refractivity contribution is -0.150. The Balaban J connectivity index is 4.11. The Hall–Kier alpha value is -1.06. The standard InChI is InChI=1S/C34H66O4/c1-3-5-7-9-11-13-15-16-18-20-22-24-26-31-34(37)38-32(29-27-30-33(35)36)28-25-23-21-19-17-14-12-10-8-6-4-2/h32H,3-31H2,1-2H3,(H,35,36)/i1D3,3D2,5D2,7D2. The number of hydrogen-bond donors (Lipinski definition) is 1. The number of carboxylic acid groups (broad SMARTS) is 1. The van der Waals surface area contributed by atoms with Crippen LogP contribution in [0.3, 0.4) is 0 Å². The van der Waals surface area contributed by atoms with E-state index in [1.165, 1.54) is 57.8 Å². The molecule has 0 spiro atoms. The van der Waals surface area contributed by atoms with Crippen molar-refractivity contribution < 1.29 is 31.8 Å². The molecule has 4 heteroatoms. The van der Waals surface area contributed by atoms with E-state index in [-0.39, 0.29) is 24.9 Å². The van der Waals surface area contributed by atoms with Gasteiger partial charge in [0, 0.05) is 25.2 Å². The molecule has 0 aromatic carbocycles. The van der Waals surface area contributed by atoms with E-state index in [4.69, 9.17) is 22.2 Å². The van der Waals surface area contributed by atoms with Crippen LogP contribution in [0.2, 0.25) is 0 Å². The molecule has 0 radical (unpaired) electrons. The zero-order valence-electron chi connectivity index (χ0n) is 33.6. The Morgan fingerprint density at radius 3 is 1.63 bits per heavy atom. The van der Waals surface area contributed by atoms with Crippen molar-refractivity contribution >= 4 is 11.9 Å². The number of hydrogen-bond acceptors (Lipinski definition) is 3. The van der Waals surface area contributed by atoms with Crippen LogP contribution in [-0.4, -0.2) is 23.1 Å². The van der Waals surface area contributed by atoms with Crippen LogP contribution in [0.4, 0.5) is 0 Å². The second-order valence-corrected chi connectivity index (χ2v) is 10.8. The quantitative estimate of drug-likeness (QED) is 0.0692. The molecule has 0 aliphatic heterocycles. The first-order valence-electron chi connectivity index (χ1n) is 20.4. The molecule has 1 atom stereocenters. The van der Waals surface area contributed by atoms with Gasteiger partial charge in [-0.3, -0.25) is 9.59 Å². The molecular weight excluding hydrogens is 472 g/mol. The highest BCUT2D eigenvalue weighted by atomic mass is 16.5. The van der Waals surface area contributed by atoms with Crippen molar-refractivity contribution in [3.63, 3.8) is 0 Å². The minimum Gasteiger partial charge on any atom is -0.481 e. The number of carboxylic acids is 1. The molecule has 0 rings (SSSR count). The van der Waals surface area contributed by atoms with Crippen molar-refractivity contribution in [2.24, 2.45) is 0 Å². The van der Waals surface area contributed by atoms with E-state index in [1.54, 1.807) is 0 Å². The largest absolute Gasteiger partial charge is 0.481 e. The molecule has 4 nitrogen and oxygen atoms in total. The summed E-state index contributed by atoms with van der Waals surface area (Å²) in [6.45, 7) is -1.03. The molecule has 0 amide bonds. The van der Waals surface area contributed by atoms with Crippen LogP contribution in [-0.2, 0) is 14.3 Å². The molecule has 0 saturated heterocycles. The normalized spacial score (nSPS) is 17.0. The Morgan fingerprint density at radius 2 is 1.11 bits per heavy atom. The summed E-state index contributed by atoms with van der Waals surface area (Å²) in [4.78, 5) is 23.4. The van der Waals surface area contributed by atoms with Gasteiger partial charge >= 0.3 is 11.9 Å². The number of unbranched alkanes of at least 4 members (excludes halogenated alkanes) is 18. The number of carbonyl (C=O) groups is 2. The lowest BCUT2D eigenvalue weighted by Gasteiger charge is -2.18. The molecule has 0 aromatic heterocycles. The van der Waals surface area contributed by atoms with Gasteiger partial charge in [0.05, 0.1) is 0 Å². The van der Waals surface area contributed by atoms with Crippen molar-refractivity contribution in [2.75, 3.05) is 0 Å². The Labute approximate surface area is 250 Å². The summed E-state index contributed by atoms with van der Waals surface area (Å²) in [6.07, 6.45) is 14.0. The first kappa shape index (κ1) is 23.6. The highest BCUT2D eigenvalue weighted by molar-refractivity contribution is 5.69. The number of esters is 1. The third kappa shape index (κ3) is 29.5. The monoisotopic (exact) mass is 548 g/mol. The fourth-order valence-corrected chi connectivity index (χ4v) is 4.85. The molecule has 0 aliphatic carbocycles. The van der Waals surface area contributed by atoms with Gasteiger partial charge in [0.2, 0.25) is 0 Å². The predicted octanol–water partition coefficient (Wildman–Crippen LogP) is 11.3. The van der Waals surface area contributed by atoms with E-state index < -0.39 is 31.9 Å². The van der Waals surface area contributed by atoms with Crippen LogP contribution in [0.5, 0.6) is 0 Å². The SMILES string of the molecule is [2H]C([2H])([2H])C([2H])([2H])C([2H])([2H])C([2H])([2H])CCCCCCCCCCCC(=O)OC(CCCCCCCCCCCCC)CCCC(=O)O. The summed E-state index contributed by atoms with van der Waals surface area (Å²) in [5.41, 5.74) is 0. The lowest BCUT2D eigenvalue weighted by Crippen LogP contribution is -2.18. The van der Waals surface area contributed by atoms with Gasteiger partial charge in [-0.15, -0.1) is 0 Å². The van der Waals surface area contributed by atoms with Gasteiger partial charge in [-0.1, -0.05) is 155 Å².